The van der Waals surface area contributed by atoms with Crippen LogP contribution in [0.1, 0.15) is 48.1 Å². The van der Waals surface area contributed by atoms with Crippen molar-refractivity contribution < 1.29 is 9.72 Å². The molecule has 0 fully saturated rings. The highest BCUT2D eigenvalue weighted by Gasteiger charge is 2.28. The van der Waals surface area contributed by atoms with Crippen LogP contribution in [0.15, 0.2) is 63.9 Å². The molecule has 9 heteroatoms. The number of nitrogens with zero attached hydrogens (tertiary/aromatic N) is 4. The van der Waals surface area contributed by atoms with Crippen LogP contribution in [-0.2, 0) is 0 Å². The van der Waals surface area contributed by atoms with E-state index in [0.29, 0.717) is 18.7 Å². The number of hydrogen-bond donors (Lipinski definition) is 0. The minimum absolute atomic E-state index is 0.169. The Balaban J connectivity index is 2.11. The Morgan fingerprint density at radius 1 is 1.22 bits per heavy atom. The van der Waals surface area contributed by atoms with Gasteiger partial charge in [-0.2, -0.15) is 5.10 Å². The van der Waals surface area contributed by atoms with Crippen molar-refractivity contribution >= 4 is 27.5 Å². The molecule has 1 amide bonds. The number of aryl methyl sites for hydroxylation is 1. The minimum atomic E-state index is -0.525. The molecule has 1 aromatic heterocycles. The fraction of sp³-hybridized carbons (Fsp3) is 0.261. The second-order valence-electron chi connectivity index (χ2n) is 7.35. The standard InChI is InChI=1S/C23H23BrN4O4/c1-4-13-26(16(3)17-9-5-6-10-18(17)24)23(30)22-21(29)14-15(2)27(25-22)19-11-7-8-12-20(19)28(31)32/h5-12,14,16H,4,13H2,1-3H3. The highest BCUT2D eigenvalue weighted by Crippen LogP contribution is 2.29. The molecule has 0 bridgehead atoms. The number of benzene rings is 2. The van der Waals surface area contributed by atoms with Gasteiger partial charge in [-0.25, -0.2) is 4.68 Å². The summed E-state index contributed by atoms with van der Waals surface area (Å²) in [4.78, 5) is 38.8. The SMILES string of the molecule is CCCN(C(=O)c1nn(-c2ccccc2[N+](=O)[O-])c(C)cc1=O)C(C)c1ccccc1Br. The minimum Gasteiger partial charge on any atom is -0.330 e. The van der Waals surface area contributed by atoms with Gasteiger partial charge in [-0.1, -0.05) is 53.2 Å². The van der Waals surface area contributed by atoms with Crippen molar-refractivity contribution in [3.05, 3.63) is 96.4 Å². The topological polar surface area (TPSA) is 98.3 Å². The summed E-state index contributed by atoms with van der Waals surface area (Å²) >= 11 is 3.53. The van der Waals surface area contributed by atoms with Crippen LogP contribution in [0.25, 0.3) is 5.69 Å². The maximum absolute atomic E-state index is 13.5. The molecule has 1 unspecified atom stereocenters. The third-order valence-corrected chi connectivity index (χ3v) is 5.89. The molecule has 8 nitrogen and oxygen atoms in total. The molecule has 1 heterocycles. The number of halogens is 1. The molecule has 2 aromatic carbocycles. The van der Waals surface area contributed by atoms with Gasteiger partial charge in [0.05, 0.1) is 11.0 Å². The summed E-state index contributed by atoms with van der Waals surface area (Å²) < 4.78 is 2.13. The Morgan fingerprint density at radius 2 is 1.88 bits per heavy atom. The first kappa shape index (κ1) is 23.3. The quantitative estimate of drug-likeness (QED) is 0.343. The van der Waals surface area contributed by atoms with Crippen molar-refractivity contribution in [1.82, 2.24) is 14.7 Å². The van der Waals surface area contributed by atoms with Crippen LogP contribution in [0, 0.1) is 17.0 Å². The molecule has 0 aliphatic heterocycles. The number of hydrogen-bond acceptors (Lipinski definition) is 5. The molecule has 3 aromatic rings. The Labute approximate surface area is 193 Å². The van der Waals surface area contributed by atoms with E-state index in [0.717, 1.165) is 10.0 Å². The van der Waals surface area contributed by atoms with Gasteiger partial charge in [-0.05, 0) is 38.0 Å². The lowest BCUT2D eigenvalue weighted by Gasteiger charge is -2.29. The maximum atomic E-state index is 13.5. The van der Waals surface area contributed by atoms with E-state index in [1.807, 2.05) is 38.1 Å². The van der Waals surface area contributed by atoms with Gasteiger partial charge < -0.3 is 4.90 Å². The van der Waals surface area contributed by atoms with Crippen LogP contribution in [0.4, 0.5) is 5.69 Å². The number of aromatic nitrogens is 2. The molecule has 0 spiro atoms. The summed E-state index contributed by atoms with van der Waals surface area (Å²) in [5, 5.41) is 15.8. The lowest BCUT2D eigenvalue weighted by Crippen LogP contribution is -2.38. The molecule has 0 radical (unpaired) electrons. The van der Waals surface area contributed by atoms with Crippen molar-refractivity contribution in [3.63, 3.8) is 0 Å². The zero-order chi connectivity index (χ0) is 23.4. The zero-order valence-corrected chi connectivity index (χ0v) is 19.6. The molecular formula is C23H23BrN4O4. The highest BCUT2D eigenvalue weighted by molar-refractivity contribution is 9.10. The molecule has 0 saturated carbocycles. The number of amides is 1. The molecule has 0 aliphatic rings. The highest BCUT2D eigenvalue weighted by atomic mass is 79.9. The fourth-order valence-electron chi connectivity index (χ4n) is 3.57. The third-order valence-electron chi connectivity index (χ3n) is 5.16. The summed E-state index contributed by atoms with van der Waals surface area (Å²) in [6.45, 7) is 5.87. The predicted octanol–water partition coefficient (Wildman–Crippen LogP) is 4.83. The van der Waals surface area contributed by atoms with Gasteiger partial charge in [0.2, 0.25) is 5.43 Å². The molecule has 0 aliphatic carbocycles. The van der Waals surface area contributed by atoms with E-state index >= 15 is 0 Å². The average Bonchev–Trinajstić information content (AvgIpc) is 2.77. The van der Waals surface area contributed by atoms with Gasteiger partial charge in [0, 0.05) is 28.8 Å². The first-order chi connectivity index (χ1) is 15.3. The van der Waals surface area contributed by atoms with Crippen molar-refractivity contribution in [2.24, 2.45) is 0 Å². The molecule has 32 heavy (non-hydrogen) atoms. The van der Waals surface area contributed by atoms with Gasteiger partial charge in [0.1, 0.15) is 5.69 Å². The molecular weight excluding hydrogens is 476 g/mol. The molecule has 3 rings (SSSR count). The third kappa shape index (κ3) is 4.62. The summed E-state index contributed by atoms with van der Waals surface area (Å²) in [5.74, 6) is -0.521. The summed E-state index contributed by atoms with van der Waals surface area (Å²) in [6.07, 6.45) is 0.685. The zero-order valence-electron chi connectivity index (χ0n) is 18.0. The van der Waals surface area contributed by atoms with Crippen molar-refractivity contribution in [3.8, 4) is 5.69 Å². The van der Waals surface area contributed by atoms with E-state index in [1.54, 1.807) is 24.0 Å². The number of nitro groups is 1. The summed E-state index contributed by atoms with van der Waals surface area (Å²) in [6, 6.07) is 14.6. The first-order valence-electron chi connectivity index (χ1n) is 10.2. The number of para-hydroxylation sites is 2. The van der Waals surface area contributed by atoms with Gasteiger partial charge in [0.25, 0.3) is 11.6 Å². The Bertz CT molecular complexity index is 1220. The van der Waals surface area contributed by atoms with Gasteiger partial charge in [0.15, 0.2) is 5.69 Å². The van der Waals surface area contributed by atoms with Crippen molar-refractivity contribution in [2.75, 3.05) is 6.54 Å². The average molecular weight is 499 g/mol. The Hall–Kier alpha value is -3.33. The largest absolute Gasteiger partial charge is 0.330 e. The molecule has 0 saturated heterocycles. The van der Waals surface area contributed by atoms with Gasteiger partial charge in [-0.3, -0.25) is 19.7 Å². The maximum Gasteiger partial charge on any atom is 0.294 e. The fourth-order valence-corrected chi connectivity index (χ4v) is 4.18. The smallest absolute Gasteiger partial charge is 0.294 e. The number of nitro benzene ring substituents is 1. The van der Waals surface area contributed by atoms with Crippen LogP contribution < -0.4 is 5.43 Å². The van der Waals surface area contributed by atoms with E-state index in [4.69, 9.17) is 0 Å². The Kier molecular flexibility index (Phi) is 7.19. The predicted molar refractivity (Wildman–Crippen MR) is 125 cm³/mol. The van der Waals surface area contributed by atoms with E-state index in [2.05, 4.69) is 21.0 Å². The second-order valence-corrected chi connectivity index (χ2v) is 8.21. The lowest BCUT2D eigenvalue weighted by molar-refractivity contribution is -0.384. The molecule has 166 valence electrons. The normalized spacial score (nSPS) is 11.8. The van der Waals surface area contributed by atoms with Crippen LogP contribution in [0.5, 0.6) is 0 Å². The van der Waals surface area contributed by atoms with E-state index in [9.17, 15) is 19.7 Å². The molecule has 1 atom stereocenters. The monoisotopic (exact) mass is 498 g/mol. The van der Waals surface area contributed by atoms with E-state index in [1.165, 1.54) is 22.9 Å². The van der Waals surface area contributed by atoms with Gasteiger partial charge >= 0.3 is 0 Å². The number of carbonyl (C=O) groups is 1. The van der Waals surface area contributed by atoms with Crippen molar-refractivity contribution in [1.29, 1.82) is 0 Å². The molecule has 0 N–H and O–H groups in total. The lowest BCUT2D eigenvalue weighted by atomic mass is 10.1. The van der Waals surface area contributed by atoms with E-state index in [-0.39, 0.29) is 23.1 Å². The van der Waals surface area contributed by atoms with Gasteiger partial charge in [-0.15, -0.1) is 0 Å². The van der Waals surface area contributed by atoms with Crippen LogP contribution in [-0.4, -0.2) is 32.1 Å². The summed E-state index contributed by atoms with van der Waals surface area (Å²) in [7, 11) is 0. The second kappa shape index (κ2) is 9.86. The number of carbonyl (C=O) groups excluding carboxylic acids is 1. The van der Waals surface area contributed by atoms with Crippen molar-refractivity contribution in [2.45, 2.75) is 33.2 Å². The first-order valence-corrected chi connectivity index (χ1v) is 11.0. The Morgan fingerprint density at radius 3 is 2.53 bits per heavy atom. The van der Waals surface area contributed by atoms with Crippen LogP contribution in [0.3, 0.4) is 0 Å². The van der Waals surface area contributed by atoms with Crippen LogP contribution >= 0.6 is 15.9 Å². The van der Waals surface area contributed by atoms with E-state index < -0.39 is 16.3 Å². The summed E-state index contributed by atoms with van der Waals surface area (Å²) in [5.41, 5.74) is 0.508. The van der Waals surface area contributed by atoms with Crippen LogP contribution in [0.2, 0.25) is 0 Å². The number of rotatable bonds is 7.